The Balaban J connectivity index is 1.28. The predicted octanol–water partition coefficient (Wildman–Crippen LogP) is 13.5. The fourth-order valence-corrected chi connectivity index (χ4v) is 11.5. The zero-order valence-corrected chi connectivity index (χ0v) is 28.8. The van der Waals surface area contributed by atoms with Crippen LogP contribution in [0.15, 0.2) is 140 Å². The smallest absolute Gasteiger partial charge is 0.163 e. The molecule has 232 valence electrons. The lowest BCUT2D eigenvalue weighted by Gasteiger charge is -2.13. The molecule has 0 aliphatic carbocycles. The Morgan fingerprint density at radius 2 is 1.02 bits per heavy atom. The van der Waals surface area contributed by atoms with Crippen molar-refractivity contribution in [2.24, 2.45) is 0 Å². The topological polar surface area (TPSA) is 30.7 Å². The van der Waals surface area contributed by atoms with Crippen LogP contribution in [0, 0.1) is 0 Å². The highest BCUT2D eigenvalue weighted by Gasteiger charge is 2.25. The minimum Gasteiger partial charge on any atom is -0.292 e. The van der Waals surface area contributed by atoms with E-state index in [1.807, 2.05) is 22.7 Å². The van der Waals surface area contributed by atoms with E-state index < -0.39 is 0 Å². The number of thiophene rings is 3. The third kappa shape index (κ3) is 3.57. The second kappa shape index (κ2) is 9.96. The Hall–Kier alpha value is -5.66. The quantitative estimate of drug-likeness (QED) is 0.181. The summed E-state index contributed by atoms with van der Waals surface area (Å²) < 4.78 is 8.87. The molecule has 0 bridgehead atoms. The molecule has 0 radical (unpaired) electrons. The van der Waals surface area contributed by atoms with Gasteiger partial charge in [0.15, 0.2) is 11.6 Å². The number of aromatic nitrogens is 3. The number of benzene rings is 7. The molecule has 0 atom stereocenters. The molecule has 0 saturated heterocycles. The third-order valence-corrected chi connectivity index (χ3v) is 13.6. The number of rotatable bonds is 2. The van der Waals surface area contributed by atoms with Crippen LogP contribution in [-0.2, 0) is 0 Å². The summed E-state index contributed by atoms with van der Waals surface area (Å²) in [6.07, 6.45) is 0. The molecule has 0 fully saturated rings. The second-order valence-electron chi connectivity index (χ2n) is 12.9. The van der Waals surface area contributed by atoms with Crippen molar-refractivity contribution in [2.75, 3.05) is 0 Å². The molecular weight excluding hydrogens is 667 g/mol. The van der Waals surface area contributed by atoms with Crippen molar-refractivity contribution in [3.63, 3.8) is 0 Å². The van der Waals surface area contributed by atoms with Gasteiger partial charge in [-0.3, -0.25) is 4.57 Å². The van der Waals surface area contributed by atoms with Crippen LogP contribution in [0.2, 0.25) is 0 Å². The molecule has 5 heterocycles. The molecule has 0 aliphatic heterocycles. The summed E-state index contributed by atoms with van der Waals surface area (Å²) in [5.41, 5.74) is 3.37. The first-order valence-corrected chi connectivity index (χ1v) is 19.1. The molecule has 50 heavy (non-hydrogen) atoms. The molecule has 6 heteroatoms. The maximum Gasteiger partial charge on any atom is 0.163 e. The first-order chi connectivity index (χ1) is 24.8. The molecule has 12 aromatic rings. The lowest BCUT2D eigenvalue weighted by Crippen LogP contribution is -2.02. The first kappa shape index (κ1) is 27.2. The van der Waals surface area contributed by atoms with Gasteiger partial charge in [-0.25, -0.2) is 9.97 Å². The summed E-state index contributed by atoms with van der Waals surface area (Å²) in [5, 5.41) is 12.5. The molecule has 5 aromatic heterocycles. The van der Waals surface area contributed by atoms with E-state index >= 15 is 0 Å². The van der Waals surface area contributed by atoms with Gasteiger partial charge in [-0.2, -0.15) is 0 Å². The van der Waals surface area contributed by atoms with Crippen molar-refractivity contribution in [3.8, 4) is 17.2 Å². The maximum atomic E-state index is 5.60. The Morgan fingerprint density at radius 3 is 1.82 bits per heavy atom. The van der Waals surface area contributed by atoms with Crippen LogP contribution in [0.3, 0.4) is 0 Å². The van der Waals surface area contributed by atoms with Crippen LogP contribution < -0.4 is 0 Å². The van der Waals surface area contributed by atoms with E-state index in [0.29, 0.717) is 0 Å². The van der Waals surface area contributed by atoms with Crippen LogP contribution in [0.4, 0.5) is 0 Å². The zero-order valence-electron chi connectivity index (χ0n) is 26.3. The molecular formula is C44H23N3S3. The van der Waals surface area contributed by atoms with E-state index in [2.05, 4.69) is 144 Å². The van der Waals surface area contributed by atoms with Crippen molar-refractivity contribution in [3.05, 3.63) is 140 Å². The molecule has 7 aromatic carbocycles. The zero-order chi connectivity index (χ0) is 32.5. The van der Waals surface area contributed by atoms with Gasteiger partial charge in [0.25, 0.3) is 0 Å². The summed E-state index contributed by atoms with van der Waals surface area (Å²) in [6, 6.07) is 50.7. The Morgan fingerprint density at radius 1 is 0.420 bits per heavy atom. The van der Waals surface area contributed by atoms with Crippen molar-refractivity contribution in [1.82, 2.24) is 14.5 Å². The van der Waals surface area contributed by atoms with Gasteiger partial charge in [0.2, 0.25) is 0 Å². The highest BCUT2D eigenvalue weighted by Crippen LogP contribution is 2.49. The molecule has 0 spiro atoms. The van der Waals surface area contributed by atoms with Gasteiger partial charge < -0.3 is 0 Å². The Labute approximate surface area is 296 Å². The monoisotopic (exact) mass is 689 g/mol. The van der Waals surface area contributed by atoms with Crippen LogP contribution in [0.5, 0.6) is 0 Å². The van der Waals surface area contributed by atoms with Crippen molar-refractivity contribution in [2.45, 2.75) is 0 Å². The van der Waals surface area contributed by atoms with E-state index in [1.165, 1.54) is 77.5 Å². The number of fused-ring (bicyclic) bond motifs is 16. The molecule has 12 rings (SSSR count). The average molecular weight is 690 g/mol. The number of hydrogen-bond donors (Lipinski definition) is 0. The fourth-order valence-electron chi connectivity index (χ4n) is 8.10. The van der Waals surface area contributed by atoms with Gasteiger partial charge in [-0.05, 0) is 47.9 Å². The van der Waals surface area contributed by atoms with Crippen LogP contribution in [0.25, 0.3) is 110 Å². The summed E-state index contributed by atoms with van der Waals surface area (Å²) in [7, 11) is 0. The van der Waals surface area contributed by atoms with Crippen LogP contribution in [-0.4, -0.2) is 14.5 Å². The standard InChI is InChI=1S/C44H23N3S3/c1-2-13-27-26(12-1)37-29-15-5-9-19-34(29)49-41(37)38-28-14-3-7-17-32(28)47(40(27)38)43-39-30-16-6-10-20-35(30)50-44(39)46-42(45-43)24-21-22-36-31(23-24)25-11-4-8-18-33(25)48-36/h1-23H. The molecule has 0 N–H and O–H groups in total. The normalized spacial score (nSPS) is 12.4. The molecule has 0 saturated carbocycles. The summed E-state index contributed by atoms with van der Waals surface area (Å²) in [6.45, 7) is 0. The van der Waals surface area contributed by atoms with Gasteiger partial charge in [-0.15, -0.1) is 34.0 Å². The summed E-state index contributed by atoms with van der Waals surface area (Å²) >= 11 is 5.48. The van der Waals surface area contributed by atoms with Crippen molar-refractivity contribution >= 4 is 127 Å². The fraction of sp³-hybridized carbons (Fsp3) is 0. The summed E-state index contributed by atoms with van der Waals surface area (Å²) in [5.74, 6) is 1.67. The minimum atomic E-state index is 0.745. The van der Waals surface area contributed by atoms with E-state index in [1.54, 1.807) is 11.3 Å². The van der Waals surface area contributed by atoms with E-state index in [9.17, 15) is 0 Å². The molecule has 0 unspecified atom stereocenters. The molecule has 0 amide bonds. The van der Waals surface area contributed by atoms with Gasteiger partial charge in [0, 0.05) is 72.2 Å². The van der Waals surface area contributed by atoms with Gasteiger partial charge in [0.1, 0.15) is 4.83 Å². The number of hydrogen-bond acceptors (Lipinski definition) is 5. The lowest BCUT2D eigenvalue weighted by atomic mass is 10.00. The Bertz CT molecular complexity index is 3400. The average Bonchev–Trinajstić information content (AvgIpc) is 3.93. The van der Waals surface area contributed by atoms with E-state index in [-0.39, 0.29) is 0 Å². The SMILES string of the molecule is c1ccc2c(c1)sc1ccc(-c3nc(-n4c5ccccc5c5c6sc7ccccc7c6c6ccccc6c54)c4c(n3)sc3ccccc34)cc12. The van der Waals surface area contributed by atoms with Crippen molar-refractivity contribution in [1.29, 1.82) is 0 Å². The van der Waals surface area contributed by atoms with Crippen LogP contribution >= 0.6 is 34.0 Å². The minimum absolute atomic E-state index is 0.745. The number of para-hydroxylation sites is 1. The van der Waals surface area contributed by atoms with Gasteiger partial charge >= 0.3 is 0 Å². The lowest BCUT2D eigenvalue weighted by molar-refractivity contribution is 1.08. The van der Waals surface area contributed by atoms with E-state index in [4.69, 9.17) is 9.97 Å². The maximum absolute atomic E-state index is 5.60. The number of nitrogens with zero attached hydrogens (tertiary/aromatic N) is 3. The third-order valence-electron chi connectivity index (χ3n) is 10.2. The second-order valence-corrected chi connectivity index (χ2v) is 16.0. The molecule has 0 aliphatic rings. The predicted molar refractivity (Wildman–Crippen MR) is 218 cm³/mol. The highest BCUT2D eigenvalue weighted by atomic mass is 32.1. The van der Waals surface area contributed by atoms with Gasteiger partial charge in [0.05, 0.1) is 16.4 Å². The first-order valence-electron chi connectivity index (χ1n) is 16.7. The highest BCUT2D eigenvalue weighted by molar-refractivity contribution is 7.27. The van der Waals surface area contributed by atoms with Crippen LogP contribution in [0.1, 0.15) is 0 Å². The Kier molecular flexibility index (Phi) is 5.42. The molecule has 3 nitrogen and oxygen atoms in total. The summed E-state index contributed by atoms with van der Waals surface area (Å²) in [4.78, 5) is 11.9. The largest absolute Gasteiger partial charge is 0.292 e. The van der Waals surface area contributed by atoms with E-state index in [0.717, 1.165) is 32.9 Å². The van der Waals surface area contributed by atoms with Gasteiger partial charge in [-0.1, -0.05) is 97.1 Å². The van der Waals surface area contributed by atoms with Crippen molar-refractivity contribution < 1.29 is 0 Å².